The summed E-state index contributed by atoms with van der Waals surface area (Å²) < 4.78 is 49.2. The fourth-order valence-corrected chi connectivity index (χ4v) is 6.22. The minimum atomic E-state index is -4.48. The quantitative estimate of drug-likeness (QED) is 0.0219. The number of imide groups is 1. The number of urea groups is 1. The van der Waals surface area contributed by atoms with Gasteiger partial charge < -0.3 is 56.7 Å². The van der Waals surface area contributed by atoms with E-state index in [0.717, 1.165) is 22.0 Å². The fraction of sp³-hybridized carbons (Fsp3) is 0.564. The normalized spacial score (nSPS) is 13.8. The maximum absolute atomic E-state index is 13.7. The first-order chi connectivity index (χ1) is 30.0. The molecular weight excluding hydrogens is 867 g/mol. The molecule has 0 spiro atoms. The number of primary amides is 1. The van der Waals surface area contributed by atoms with Crippen molar-refractivity contribution in [1.82, 2.24) is 36.4 Å². The predicted octanol–water partition coefficient (Wildman–Crippen LogP) is -1.36. The number of rotatable bonds is 27. The number of hydrogen-bond donors (Lipinski definition) is 8. The molecule has 1 heterocycles. The lowest BCUT2D eigenvalue weighted by molar-refractivity contribution is -0.145. The van der Waals surface area contributed by atoms with Crippen molar-refractivity contribution in [3.05, 3.63) is 41.5 Å². The highest BCUT2D eigenvalue weighted by Gasteiger charge is 2.29. The van der Waals surface area contributed by atoms with E-state index in [-0.39, 0.29) is 74.7 Å². The second kappa shape index (κ2) is 26.4. The Hall–Kier alpha value is -6.18. The molecule has 2 rings (SSSR count). The van der Waals surface area contributed by atoms with Crippen LogP contribution in [0.4, 0.5) is 15.3 Å². The lowest BCUT2D eigenvalue weighted by Crippen LogP contribution is -2.54. The molecule has 356 valence electrons. The molecule has 64 heavy (non-hydrogen) atoms. The average molecular weight is 926 g/mol. The van der Waals surface area contributed by atoms with Crippen molar-refractivity contribution in [2.24, 2.45) is 11.7 Å². The average Bonchev–Trinajstić information content (AvgIpc) is 3.53. The first-order valence-corrected chi connectivity index (χ1v) is 21.8. The van der Waals surface area contributed by atoms with E-state index >= 15 is 0 Å². The largest absolute Gasteiger partial charge is 0.445 e. The molecule has 0 saturated carbocycles. The van der Waals surface area contributed by atoms with E-state index in [4.69, 9.17) is 19.9 Å². The minimum absolute atomic E-state index is 0.0236. The summed E-state index contributed by atoms with van der Waals surface area (Å²) in [4.78, 5) is 114. The van der Waals surface area contributed by atoms with Gasteiger partial charge in [0.15, 0.2) is 0 Å². The van der Waals surface area contributed by atoms with Crippen molar-refractivity contribution in [2.45, 2.75) is 84.4 Å². The van der Waals surface area contributed by atoms with Crippen LogP contribution in [0, 0.1) is 5.92 Å². The number of ether oxygens (including phenoxy) is 3. The maximum Gasteiger partial charge on any atom is 0.410 e. The first-order valence-electron chi connectivity index (χ1n) is 20.2. The van der Waals surface area contributed by atoms with Crippen molar-refractivity contribution >= 4 is 69.3 Å². The molecule has 0 bridgehead atoms. The molecule has 3 atom stereocenters. The van der Waals surface area contributed by atoms with Gasteiger partial charge >= 0.3 is 12.1 Å². The summed E-state index contributed by atoms with van der Waals surface area (Å²) in [6.45, 7) is 5.61. The molecule has 1 aromatic carbocycles. The van der Waals surface area contributed by atoms with Crippen LogP contribution >= 0.6 is 0 Å². The number of anilines is 1. The number of carbonyl (C=O) groups excluding carboxylic acids is 9. The van der Waals surface area contributed by atoms with Crippen molar-refractivity contribution in [3.63, 3.8) is 0 Å². The summed E-state index contributed by atoms with van der Waals surface area (Å²) in [5.41, 5.74) is 5.76. The molecular formula is C39H59N9O15S. The van der Waals surface area contributed by atoms with Gasteiger partial charge in [0.25, 0.3) is 27.8 Å². The topological polar surface area (TPSA) is 340 Å². The van der Waals surface area contributed by atoms with E-state index in [1.165, 1.54) is 32.3 Å². The number of aryl methyl sites for hydroxylation is 1. The summed E-state index contributed by atoms with van der Waals surface area (Å²) in [7, 11) is -1.77. The van der Waals surface area contributed by atoms with Crippen LogP contribution in [-0.2, 0) is 70.9 Å². The molecule has 0 saturated heterocycles. The molecule has 0 radical (unpaired) electrons. The molecule has 25 heteroatoms. The number of hydrogen-bond acceptors (Lipinski definition) is 14. The zero-order valence-electron chi connectivity index (χ0n) is 36.6. The van der Waals surface area contributed by atoms with Crippen LogP contribution in [0.3, 0.4) is 0 Å². The van der Waals surface area contributed by atoms with E-state index in [1.807, 2.05) is 0 Å². The Morgan fingerprint density at radius 1 is 0.891 bits per heavy atom. The van der Waals surface area contributed by atoms with Gasteiger partial charge in [0.2, 0.25) is 29.9 Å². The van der Waals surface area contributed by atoms with Gasteiger partial charge in [0.05, 0.1) is 38.0 Å². The molecule has 3 unspecified atom stereocenters. The Morgan fingerprint density at radius 2 is 1.56 bits per heavy atom. The lowest BCUT2D eigenvalue weighted by Gasteiger charge is -2.25. The van der Waals surface area contributed by atoms with Gasteiger partial charge in [-0.05, 0) is 62.3 Å². The van der Waals surface area contributed by atoms with Crippen molar-refractivity contribution in [2.75, 3.05) is 58.0 Å². The van der Waals surface area contributed by atoms with Crippen molar-refractivity contribution in [3.8, 4) is 0 Å². The third-order valence-electron chi connectivity index (χ3n) is 9.03. The Kier molecular flexibility index (Phi) is 22.3. The standard InChI is InChI=1S/C39H59N9O15S/c1-23(2)33(35(54)41-5)45-30(50)21-47(6)39(57)62-22-26-9-10-27(20-25(26)14-19-64(58,59)60)43-34(53)28(8-7-15-42-38(40)56)44-36(55)37(63-24(3)4)46-29(49)13-17-61-18-16-48-31(51)11-12-32(48)52/h9-12,20,23-24,28,33,37H,7-8,13-19,21-22H2,1-6H3,(H,41,54)(H,43,53)(H,44,55)(H,45,50)(H,46,49)(H3,40,42,56)(H,58,59,60). The van der Waals surface area contributed by atoms with E-state index in [2.05, 4.69) is 31.9 Å². The van der Waals surface area contributed by atoms with Gasteiger partial charge in [-0.25, -0.2) is 9.59 Å². The molecule has 10 amide bonds. The van der Waals surface area contributed by atoms with Crippen LogP contribution in [-0.4, -0.2) is 153 Å². The van der Waals surface area contributed by atoms with Crippen LogP contribution < -0.4 is 37.6 Å². The Labute approximate surface area is 370 Å². The van der Waals surface area contributed by atoms with Gasteiger partial charge in [0, 0.05) is 38.5 Å². The van der Waals surface area contributed by atoms with E-state index in [1.54, 1.807) is 27.7 Å². The molecule has 1 aromatic rings. The van der Waals surface area contributed by atoms with Crippen LogP contribution in [0.25, 0.3) is 0 Å². The number of likely N-dealkylation sites (N-methyl/N-ethyl adjacent to an activating group) is 2. The van der Waals surface area contributed by atoms with Crippen molar-refractivity contribution < 1.29 is 70.3 Å². The highest BCUT2D eigenvalue weighted by atomic mass is 32.2. The fourth-order valence-electron chi connectivity index (χ4n) is 5.74. The Bertz CT molecular complexity index is 1980. The third kappa shape index (κ3) is 19.9. The molecule has 24 nitrogen and oxygen atoms in total. The highest BCUT2D eigenvalue weighted by molar-refractivity contribution is 7.85. The Balaban J connectivity index is 2.19. The number of nitrogens with one attached hydrogen (secondary N) is 6. The zero-order chi connectivity index (χ0) is 48.1. The third-order valence-corrected chi connectivity index (χ3v) is 9.75. The minimum Gasteiger partial charge on any atom is -0.445 e. The summed E-state index contributed by atoms with van der Waals surface area (Å²) in [6.07, 6.45) is -1.31. The summed E-state index contributed by atoms with van der Waals surface area (Å²) in [5.74, 6) is -5.37. The monoisotopic (exact) mass is 925 g/mol. The molecule has 0 fully saturated rings. The predicted molar refractivity (Wildman–Crippen MR) is 227 cm³/mol. The van der Waals surface area contributed by atoms with Gasteiger partial charge in [0.1, 0.15) is 25.2 Å². The van der Waals surface area contributed by atoms with E-state index < -0.39 is 107 Å². The first kappa shape index (κ1) is 54.0. The molecule has 1 aliphatic heterocycles. The second-order valence-electron chi connectivity index (χ2n) is 15.0. The number of carbonyl (C=O) groups is 9. The van der Waals surface area contributed by atoms with Crippen LogP contribution in [0.5, 0.6) is 0 Å². The Morgan fingerprint density at radius 3 is 2.16 bits per heavy atom. The highest BCUT2D eigenvalue weighted by Crippen LogP contribution is 2.20. The molecule has 0 aliphatic carbocycles. The van der Waals surface area contributed by atoms with Crippen molar-refractivity contribution in [1.29, 1.82) is 0 Å². The summed E-state index contributed by atoms with van der Waals surface area (Å²) in [5, 5.41) is 15.0. The SMILES string of the molecule is CNC(=O)C(NC(=O)CN(C)C(=O)OCc1ccc(NC(=O)C(CCCNC(N)=O)NC(=O)C(NC(=O)CCOCCN2C(=O)C=CC2=O)OC(C)C)cc1CCS(=O)(=O)O)C(C)C. The number of amides is 10. The number of nitrogens with zero attached hydrogens (tertiary/aromatic N) is 2. The lowest BCUT2D eigenvalue weighted by atomic mass is 10.0. The summed E-state index contributed by atoms with van der Waals surface area (Å²) in [6, 6.07) is 1.20. The summed E-state index contributed by atoms with van der Waals surface area (Å²) >= 11 is 0. The van der Waals surface area contributed by atoms with Crippen LogP contribution in [0.15, 0.2) is 30.4 Å². The van der Waals surface area contributed by atoms with Gasteiger partial charge in [-0.1, -0.05) is 19.9 Å². The zero-order valence-corrected chi connectivity index (χ0v) is 37.4. The van der Waals surface area contributed by atoms with Gasteiger partial charge in [-0.15, -0.1) is 0 Å². The van der Waals surface area contributed by atoms with Gasteiger partial charge in [-0.3, -0.25) is 43.0 Å². The van der Waals surface area contributed by atoms with Crippen LogP contribution in [0.1, 0.15) is 58.1 Å². The molecule has 0 aromatic heterocycles. The van der Waals surface area contributed by atoms with Gasteiger partial charge in [-0.2, -0.15) is 8.42 Å². The molecule has 1 aliphatic rings. The smallest absolute Gasteiger partial charge is 0.410 e. The maximum atomic E-state index is 13.7. The number of nitrogens with two attached hydrogens (primary N) is 1. The second-order valence-corrected chi connectivity index (χ2v) is 16.5. The van der Waals surface area contributed by atoms with Crippen LogP contribution in [0.2, 0.25) is 0 Å². The number of benzene rings is 1. The van der Waals surface area contributed by atoms with E-state index in [0.29, 0.717) is 0 Å². The molecule has 9 N–H and O–H groups in total. The van der Waals surface area contributed by atoms with E-state index in [9.17, 15) is 56.1 Å².